The average Bonchev–Trinajstić information content (AvgIpc) is 3.66. The number of fused-ring (bicyclic) bond motifs is 7. The predicted molar refractivity (Wildman–Crippen MR) is 290 cm³/mol. The van der Waals surface area contributed by atoms with Crippen molar-refractivity contribution < 1.29 is 0 Å². The van der Waals surface area contributed by atoms with Gasteiger partial charge in [-0.2, -0.15) is 11.3 Å². The summed E-state index contributed by atoms with van der Waals surface area (Å²) in [6.07, 6.45) is 4.72. The summed E-state index contributed by atoms with van der Waals surface area (Å²) in [4.78, 5) is 7.07. The lowest BCUT2D eigenvalue weighted by molar-refractivity contribution is 0.332. The second-order valence-electron chi connectivity index (χ2n) is 26.4. The first-order chi connectivity index (χ1) is 30.6. The first-order valence-electron chi connectivity index (χ1n) is 25.1. The lowest BCUT2D eigenvalue weighted by Crippen LogP contribution is -2.61. The van der Waals surface area contributed by atoms with Crippen molar-refractivity contribution in [2.24, 2.45) is 0 Å². The quantitative estimate of drug-likeness (QED) is 0.163. The van der Waals surface area contributed by atoms with Crippen molar-refractivity contribution in [3.63, 3.8) is 0 Å². The number of benzene rings is 5. The average molecular weight is 891 g/mol. The lowest BCUT2D eigenvalue weighted by Gasteiger charge is -2.48. The van der Waals surface area contributed by atoms with Crippen LogP contribution in [0.25, 0.3) is 11.1 Å². The van der Waals surface area contributed by atoms with Crippen LogP contribution in [-0.2, 0) is 37.9 Å². The van der Waals surface area contributed by atoms with Crippen molar-refractivity contribution in [3.8, 4) is 11.1 Å². The Morgan fingerprint density at radius 2 is 1.02 bits per heavy atom. The van der Waals surface area contributed by atoms with Crippen LogP contribution in [0, 0.1) is 0 Å². The Balaban J connectivity index is 1.40. The summed E-state index contributed by atoms with van der Waals surface area (Å²) in [6, 6.07) is 38.8. The molecule has 0 saturated carbocycles. The molecular formula is C62H75BN2S. The Labute approximate surface area is 403 Å². The van der Waals surface area contributed by atoms with Crippen LogP contribution < -0.4 is 25.5 Å². The molecule has 3 heterocycles. The summed E-state index contributed by atoms with van der Waals surface area (Å²) in [5.41, 5.74) is 22.2. The topological polar surface area (TPSA) is 6.48 Å². The van der Waals surface area contributed by atoms with Gasteiger partial charge in [-0.25, -0.2) is 0 Å². The van der Waals surface area contributed by atoms with Gasteiger partial charge in [0.05, 0.1) is 11.4 Å². The Kier molecular flexibility index (Phi) is 9.94. The number of hydrogen-bond acceptors (Lipinski definition) is 3. The maximum atomic E-state index is 2.75. The summed E-state index contributed by atoms with van der Waals surface area (Å²) in [7, 11) is 0. The largest absolute Gasteiger partial charge is 0.311 e. The Hall–Kier alpha value is -4.54. The Morgan fingerprint density at radius 1 is 0.485 bits per heavy atom. The molecule has 5 aromatic carbocycles. The fraction of sp³-hybridized carbons (Fsp3) is 0.452. The van der Waals surface area contributed by atoms with E-state index in [1.807, 2.05) is 0 Å². The van der Waals surface area contributed by atoms with Crippen molar-refractivity contribution in [2.75, 3.05) is 9.80 Å². The van der Waals surface area contributed by atoms with E-state index in [0.29, 0.717) is 0 Å². The van der Waals surface area contributed by atoms with E-state index in [4.69, 9.17) is 0 Å². The molecule has 1 aromatic heterocycles. The number of anilines is 6. The van der Waals surface area contributed by atoms with Gasteiger partial charge in [-0.05, 0) is 156 Å². The zero-order valence-corrected chi connectivity index (χ0v) is 44.3. The minimum absolute atomic E-state index is 0.00770. The van der Waals surface area contributed by atoms with E-state index in [-0.39, 0.29) is 44.6 Å². The van der Waals surface area contributed by atoms with Crippen LogP contribution in [0.5, 0.6) is 0 Å². The molecule has 0 unspecified atom stereocenters. The highest BCUT2D eigenvalue weighted by Crippen LogP contribution is 2.58. The van der Waals surface area contributed by atoms with Crippen LogP contribution in [0.2, 0.25) is 0 Å². The number of thiophene rings is 1. The molecule has 342 valence electrons. The van der Waals surface area contributed by atoms with Gasteiger partial charge in [-0.15, -0.1) is 0 Å². The van der Waals surface area contributed by atoms with Gasteiger partial charge in [0, 0.05) is 38.0 Å². The molecule has 0 saturated heterocycles. The smallest absolute Gasteiger partial charge is 0.264 e. The van der Waals surface area contributed by atoms with E-state index in [2.05, 4.69) is 236 Å². The summed E-state index contributed by atoms with van der Waals surface area (Å²) < 4.78 is 1.51. The highest BCUT2D eigenvalue weighted by atomic mass is 32.1. The minimum atomic E-state index is -0.107. The third kappa shape index (κ3) is 6.99. The van der Waals surface area contributed by atoms with Crippen molar-refractivity contribution in [1.82, 2.24) is 0 Å². The van der Waals surface area contributed by atoms with Gasteiger partial charge in [-0.1, -0.05) is 172 Å². The van der Waals surface area contributed by atoms with Crippen LogP contribution in [0.4, 0.5) is 34.1 Å². The van der Waals surface area contributed by atoms with Gasteiger partial charge in [0.2, 0.25) is 0 Å². The standard InChI is InChI=1S/C62H75BN2S/c1-56(2,3)39-23-26-42(27-24-39)64-49-34-41(58(7,8)9)35-50-52(49)63(55-53(64)51-54(66-55)62(16,17)32-31-61(51,14)15)46-36-44-45(60(12,13)30-29-59(44,10)11)37-48(46)65(50)47-28-25-40(57(4,5)6)33-43(47)38-21-19-18-20-22-38/h18-28,33-37H,29-32H2,1-17H3. The van der Waals surface area contributed by atoms with Crippen LogP contribution in [0.15, 0.2) is 97.1 Å². The van der Waals surface area contributed by atoms with E-state index in [9.17, 15) is 0 Å². The molecule has 0 spiro atoms. The van der Waals surface area contributed by atoms with Crippen LogP contribution in [0.1, 0.15) is 182 Å². The summed E-state index contributed by atoms with van der Waals surface area (Å²) in [5, 5.41) is 0. The minimum Gasteiger partial charge on any atom is -0.311 e. The summed E-state index contributed by atoms with van der Waals surface area (Å²) >= 11 is 2.14. The molecule has 10 rings (SSSR count). The van der Waals surface area contributed by atoms with Crippen LogP contribution in [-0.4, -0.2) is 6.71 Å². The second-order valence-corrected chi connectivity index (χ2v) is 27.5. The molecular weight excluding hydrogens is 816 g/mol. The molecule has 0 atom stereocenters. The van der Waals surface area contributed by atoms with Crippen molar-refractivity contribution in [1.29, 1.82) is 0 Å². The van der Waals surface area contributed by atoms with Gasteiger partial charge in [0.15, 0.2) is 0 Å². The van der Waals surface area contributed by atoms with Crippen molar-refractivity contribution >= 4 is 67.9 Å². The van der Waals surface area contributed by atoms with E-state index in [1.165, 1.54) is 114 Å². The normalized spacial score (nSPS) is 18.8. The number of hydrogen-bond donors (Lipinski definition) is 0. The van der Waals surface area contributed by atoms with Gasteiger partial charge in [0.25, 0.3) is 6.71 Å². The fourth-order valence-corrected chi connectivity index (χ4v) is 13.7. The fourth-order valence-electron chi connectivity index (χ4n) is 12.0. The maximum Gasteiger partial charge on any atom is 0.264 e. The zero-order chi connectivity index (χ0) is 47.5. The SMILES string of the molecule is CC(C)(C)c1ccc(N2c3cc(C(C)(C)C)cc4c3B(c3cc5c(cc3N4c3ccc(C(C)(C)C)cc3-c3ccccc3)C(C)(C)CCC5(C)C)c3sc4c(c32)C(C)(C)CCC4(C)C)cc1. The molecule has 0 radical (unpaired) electrons. The molecule has 2 nitrogen and oxygen atoms in total. The van der Waals surface area contributed by atoms with Gasteiger partial charge < -0.3 is 9.80 Å². The summed E-state index contributed by atoms with van der Waals surface area (Å²) in [6.45, 7) is 41.5. The molecule has 0 fully saturated rings. The molecule has 4 aliphatic rings. The molecule has 2 aliphatic heterocycles. The maximum absolute atomic E-state index is 2.75. The second kappa shape index (κ2) is 14.5. The van der Waals surface area contributed by atoms with Crippen molar-refractivity contribution in [3.05, 3.63) is 135 Å². The van der Waals surface area contributed by atoms with Crippen molar-refractivity contribution in [2.45, 2.75) is 181 Å². The number of rotatable bonds is 3. The third-order valence-corrected chi connectivity index (χ3v) is 18.2. The van der Waals surface area contributed by atoms with Gasteiger partial charge >= 0.3 is 0 Å². The summed E-state index contributed by atoms with van der Waals surface area (Å²) in [5.74, 6) is 0. The molecule has 2 aliphatic carbocycles. The molecule has 0 N–H and O–H groups in total. The first-order valence-corrected chi connectivity index (χ1v) is 25.9. The Morgan fingerprint density at radius 3 is 1.61 bits per heavy atom. The van der Waals surface area contributed by atoms with Gasteiger partial charge in [-0.3, -0.25) is 0 Å². The highest BCUT2D eigenvalue weighted by molar-refractivity contribution is 7.29. The van der Waals surface area contributed by atoms with E-state index < -0.39 is 0 Å². The lowest BCUT2D eigenvalue weighted by atomic mass is 9.35. The van der Waals surface area contributed by atoms with Crippen LogP contribution in [0.3, 0.4) is 0 Å². The molecule has 4 heteroatoms. The van der Waals surface area contributed by atoms with Crippen LogP contribution >= 0.6 is 11.3 Å². The third-order valence-electron chi connectivity index (χ3n) is 16.6. The van der Waals surface area contributed by atoms with E-state index in [1.54, 1.807) is 10.4 Å². The molecule has 0 amide bonds. The molecule has 0 bridgehead atoms. The predicted octanol–water partition coefficient (Wildman–Crippen LogP) is 16.1. The van der Waals surface area contributed by atoms with Gasteiger partial charge in [0.1, 0.15) is 0 Å². The van der Waals surface area contributed by atoms with E-state index >= 15 is 0 Å². The monoisotopic (exact) mass is 891 g/mol. The molecule has 66 heavy (non-hydrogen) atoms. The Bertz CT molecular complexity index is 2920. The first kappa shape index (κ1) is 45.3. The molecule has 6 aromatic rings. The van der Waals surface area contributed by atoms with E-state index in [0.717, 1.165) is 0 Å². The number of nitrogens with zero attached hydrogens (tertiary/aromatic N) is 2. The zero-order valence-electron chi connectivity index (χ0n) is 43.4. The highest BCUT2D eigenvalue weighted by Gasteiger charge is 2.52.